The summed E-state index contributed by atoms with van der Waals surface area (Å²) in [6.45, 7) is 1.64. The van der Waals surface area contributed by atoms with Crippen LogP contribution in [-0.2, 0) is 4.74 Å². The highest BCUT2D eigenvalue weighted by Crippen LogP contribution is 2.37. The van der Waals surface area contributed by atoms with E-state index in [2.05, 4.69) is 0 Å². The van der Waals surface area contributed by atoms with Crippen molar-refractivity contribution in [3.8, 4) is 0 Å². The monoisotopic (exact) mass is 142 g/mol. The van der Waals surface area contributed by atoms with E-state index in [1.807, 2.05) is 0 Å². The van der Waals surface area contributed by atoms with Gasteiger partial charge in [-0.2, -0.15) is 0 Å². The van der Waals surface area contributed by atoms with Gasteiger partial charge >= 0.3 is 0 Å². The molecular weight excluding hydrogens is 128 g/mol. The van der Waals surface area contributed by atoms with Crippen LogP contribution in [0, 0.1) is 11.8 Å². The summed E-state index contributed by atoms with van der Waals surface area (Å²) < 4.78 is 5.20. The van der Waals surface area contributed by atoms with Crippen LogP contribution in [0.4, 0.5) is 0 Å². The molecule has 2 fully saturated rings. The lowest BCUT2D eigenvalue weighted by Crippen LogP contribution is -2.22. The lowest BCUT2D eigenvalue weighted by Gasteiger charge is -2.14. The SMILES string of the molecule is OC(C1CC1)C1CCOC1. The van der Waals surface area contributed by atoms with Crippen LogP contribution in [0.1, 0.15) is 19.3 Å². The second kappa shape index (κ2) is 2.51. The first-order valence-electron chi connectivity index (χ1n) is 4.14. The van der Waals surface area contributed by atoms with Crippen LogP contribution in [0.25, 0.3) is 0 Å². The number of aliphatic hydroxyl groups is 1. The van der Waals surface area contributed by atoms with Crippen molar-refractivity contribution >= 4 is 0 Å². The standard InChI is InChI=1S/C8H14O2/c9-8(6-1-2-6)7-3-4-10-5-7/h6-9H,1-5H2. The van der Waals surface area contributed by atoms with E-state index in [0.717, 1.165) is 19.6 Å². The van der Waals surface area contributed by atoms with Gasteiger partial charge in [-0.1, -0.05) is 0 Å². The molecule has 1 heterocycles. The molecule has 2 rings (SSSR count). The van der Waals surface area contributed by atoms with E-state index in [0.29, 0.717) is 11.8 Å². The predicted octanol–water partition coefficient (Wildman–Crippen LogP) is 0.794. The van der Waals surface area contributed by atoms with Gasteiger partial charge in [0, 0.05) is 12.5 Å². The molecule has 0 aromatic heterocycles. The van der Waals surface area contributed by atoms with Gasteiger partial charge in [-0.25, -0.2) is 0 Å². The van der Waals surface area contributed by atoms with Crippen molar-refractivity contribution in [3.63, 3.8) is 0 Å². The molecule has 1 N–H and O–H groups in total. The van der Waals surface area contributed by atoms with Gasteiger partial charge in [0.2, 0.25) is 0 Å². The van der Waals surface area contributed by atoms with E-state index in [9.17, 15) is 5.11 Å². The minimum absolute atomic E-state index is 0.0532. The van der Waals surface area contributed by atoms with Crippen LogP contribution < -0.4 is 0 Å². The molecule has 1 aliphatic heterocycles. The highest BCUT2D eigenvalue weighted by molar-refractivity contribution is 4.86. The summed E-state index contributed by atoms with van der Waals surface area (Å²) >= 11 is 0. The van der Waals surface area contributed by atoms with Gasteiger partial charge in [0.25, 0.3) is 0 Å². The third kappa shape index (κ3) is 1.18. The Balaban J connectivity index is 1.84. The molecule has 1 aliphatic carbocycles. The number of hydrogen-bond acceptors (Lipinski definition) is 2. The molecule has 0 radical (unpaired) electrons. The molecular formula is C8H14O2. The van der Waals surface area contributed by atoms with Gasteiger partial charge in [0.15, 0.2) is 0 Å². The van der Waals surface area contributed by atoms with Gasteiger partial charge in [-0.3, -0.25) is 0 Å². The molecule has 0 spiro atoms. The van der Waals surface area contributed by atoms with E-state index < -0.39 is 0 Å². The lowest BCUT2D eigenvalue weighted by molar-refractivity contribution is 0.0746. The van der Waals surface area contributed by atoms with Crippen molar-refractivity contribution in [3.05, 3.63) is 0 Å². The topological polar surface area (TPSA) is 29.5 Å². The first-order chi connectivity index (χ1) is 4.88. The van der Waals surface area contributed by atoms with Crippen molar-refractivity contribution in [2.45, 2.75) is 25.4 Å². The fourth-order valence-corrected chi connectivity index (χ4v) is 1.64. The summed E-state index contributed by atoms with van der Waals surface area (Å²) in [5, 5.41) is 9.61. The Morgan fingerprint density at radius 1 is 1.20 bits per heavy atom. The van der Waals surface area contributed by atoms with E-state index in [1.165, 1.54) is 12.8 Å². The second-order valence-electron chi connectivity index (χ2n) is 3.45. The molecule has 0 aromatic carbocycles. The van der Waals surface area contributed by atoms with Crippen LogP contribution in [0.2, 0.25) is 0 Å². The summed E-state index contributed by atoms with van der Waals surface area (Å²) in [6.07, 6.45) is 3.48. The van der Waals surface area contributed by atoms with E-state index in [1.54, 1.807) is 0 Å². The van der Waals surface area contributed by atoms with Crippen LogP contribution >= 0.6 is 0 Å². The summed E-state index contributed by atoms with van der Waals surface area (Å²) in [4.78, 5) is 0. The van der Waals surface area contributed by atoms with E-state index >= 15 is 0 Å². The quantitative estimate of drug-likeness (QED) is 0.617. The first-order valence-corrected chi connectivity index (χ1v) is 4.14. The molecule has 0 amide bonds. The molecule has 2 heteroatoms. The zero-order chi connectivity index (χ0) is 6.97. The molecule has 0 aromatic rings. The third-order valence-electron chi connectivity index (χ3n) is 2.55. The maximum absolute atomic E-state index is 9.61. The van der Waals surface area contributed by atoms with Crippen molar-refractivity contribution < 1.29 is 9.84 Å². The van der Waals surface area contributed by atoms with E-state index in [4.69, 9.17) is 4.74 Å². The smallest absolute Gasteiger partial charge is 0.0619 e. The molecule has 10 heavy (non-hydrogen) atoms. The average molecular weight is 142 g/mol. The van der Waals surface area contributed by atoms with Gasteiger partial charge in [0.1, 0.15) is 0 Å². The minimum atomic E-state index is -0.0532. The Labute approximate surface area is 61.2 Å². The minimum Gasteiger partial charge on any atom is -0.392 e. The summed E-state index contributed by atoms with van der Waals surface area (Å²) in [7, 11) is 0. The van der Waals surface area contributed by atoms with Gasteiger partial charge in [0.05, 0.1) is 12.7 Å². The number of rotatable bonds is 2. The Morgan fingerprint density at radius 3 is 2.50 bits per heavy atom. The number of hydrogen-bond donors (Lipinski definition) is 1. The summed E-state index contributed by atoms with van der Waals surface area (Å²) in [5.74, 6) is 1.07. The first kappa shape index (κ1) is 6.62. The van der Waals surface area contributed by atoms with Crippen molar-refractivity contribution in [2.24, 2.45) is 11.8 Å². The highest BCUT2D eigenvalue weighted by Gasteiger charge is 2.36. The Hall–Kier alpha value is -0.0800. The largest absolute Gasteiger partial charge is 0.392 e. The molecule has 0 bridgehead atoms. The summed E-state index contributed by atoms with van der Waals surface area (Å²) in [6, 6.07) is 0. The predicted molar refractivity (Wildman–Crippen MR) is 37.7 cm³/mol. The van der Waals surface area contributed by atoms with Crippen LogP contribution in [0.15, 0.2) is 0 Å². The molecule has 2 nitrogen and oxygen atoms in total. The maximum Gasteiger partial charge on any atom is 0.0619 e. The normalized spacial score (nSPS) is 36.3. The maximum atomic E-state index is 9.61. The van der Waals surface area contributed by atoms with Crippen molar-refractivity contribution in [1.29, 1.82) is 0 Å². The zero-order valence-electron chi connectivity index (χ0n) is 6.12. The second-order valence-corrected chi connectivity index (χ2v) is 3.45. The van der Waals surface area contributed by atoms with Crippen LogP contribution in [0.3, 0.4) is 0 Å². The number of aliphatic hydroxyl groups excluding tert-OH is 1. The molecule has 2 unspecified atom stereocenters. The molecule has 2 aliphatic rings. The van der Waals surface area contributed by atoms with Crippen molar-refractivity contribution in [1.82, 2.24) is 0 Å². The average Bonchev–Trinajstić information content (AvgIpc) is 2.65. The fourth-order valence-electron chi connectivity index (χ4n) is 1.64. The Kier molecular flexibility index (Phi) is 1.66. The van der Waals surface area contributed by atoms with Gasteiger partial charge in [-0.05, 0) is 25.2 Å². The van der Waals surface area contributed by atoms with Crippen molar-refractivity contribution in [2.75, 3.05) is 13.2 Å². The summed E-state index contributed by atoms with van der Waals surface area (Å²) in [5.41, 5.74) is 0. The fraction of sp³-hybridized carbons (Fsp3) is 1.00. The number of ether oxygens (including phenoxy) is 1. The molecule has 58 valence electrons. The van der Waals surface area contributed by atoms with Crippen LogP contribution in [-0.4, -0.2) is 24.4 Å². The zero-order valence-corrected chi connectivity index (χ0v) is 6.12. The van der Waals surface area contributed by atoms with Gasteiger partial charge in [-0.15, -0.1) is 0 Å². The Bertz CT molecular complexity index is 114. The molecule has 1 saturated heterocycles. The molecule has 1 saturated carbocycles. The lowest BCUT2D eigenvalue weighted by atomic mass is 9.98. The molecule has 2 atom stereocenters. The van der Waals surface area contributed by atoms with Crippen LogP contribution in [0.5, 0.6) is 0 Å². The third-order valence-corrected chi connectivity index (χ3v) is 2.55. The van der Waals surface area contributed by atoms with E-state index in [-0.39, 0.29) is 6.10 Å². The highest BCUT2D eigenvalue weighted by atomic mass is 16.5. The van der Waals surface area contributed by atoms with Gasteiger partial charge < -0.3 is 9.84 Å². The Morgan fingerprint density at radius 2 is 2.00 bits per heavy atom.